The van der Waals surface area contributed by atoms with Gasteiger partial charge in [-0.1, -0.05) is 36.4 Å². The Kier molecular flexibility index (Phi) is 5.16. The number of rotatable bonds is 3. The first-order valence-electron chi connectivity index (χ1n) is 10.0. The molecular formula is C23H29N3O2. The minimum atomic E-state index is -0.218. The van der Waals surface area contributed by atoms with Gasteiger partial charge in [0.2, 0.25) is 0 Å². The Hall–Kier alpha value is -2.69. The van der Waals surface area contributed by atoms with Crippen LogP contribution in [0, 0.1) is 0 Å². The van der Waals surface area contributed by atoms with E-state index in [0.29, 0.717) is 5.92 Å². The molecule has 2 aromatic rings. The maximum Gasteiger partial charge on any atom is 0.191 e. The van der Waals surface area contributed by atoms with Crippen molar-refractivity contribution < 1.29 is 9.47 Å². The van der Waals surface area contributed by atoms with Gasteiger partial charge in [-0.15, -0.1) is 0 Å². The van der Waals surface area contributed by atoms with Crippen LogP contribution in [-0.4, -0.2) is 31.8 Å². The van der Waals surface area contributed by atoms with E-state index in [4.69, 9.17) is 9.47 Å². The summed E-state index contributed by atoms with van der Waals surface area (Å²) in [7, 11) is 1.82. The second kappa shape index (κ2) is 7.74. The fourth-order valence-corrected chi connectivity index (χ4v) is 4.14. The normalized spacial score (nSPS) is 22.9. The Morgan fingerprint density at radius 1 is 1.07 bits per heavy atom. The fraction of sp³-hybridized carbons (Fsp3) is 0.435. The average Bonchev–Trinajstić information content (AvgIpc) is 2.70. The SMILES string of the molecule is CN=C(NCC1CCOc2ccccc21)NC1CC(C)(C)Oc2ccccc21. The second-order valence-electron chi connectivity index (χ2n) is 8.13. The number of nitrogens with zero attached hydrogens (tertiary/aromatic N) is 1. The van der Waals surface area contributed by atoms with Gasteiger partial charge in [0.1, 0.15) is 17.1 Å². The van der Waals surface area contributed by atoms with E-state index in [-0.39, 0.29) is 11.6 Å². The number of hydrogen-bond acceptors (Lipinski definition) is 3. The number of benzene rings is 2. The lowest BCUT2D eigenvalue weighted by molar-refractivity contribution is 0.0694. The molecular weight excluding hydrogens is 350 g/mol. The first-order valence-corrected chi connectivity index (χ1v) is 10.0. The van der Waals surface area contributed by atoms with Crippen LogP contribution in [0.5, 0.6) is 11.5 Å². The molecule has 0 amide bonds. The Morgan fingerprint density at radius 3 is 2.57 bits per heavy atom. The summed E-state index contributed by atoms with van der Waals surface area (Å²) in [4.78, 5) is 4.47. The van der Waals surface area contributed by atoms with Crippen molar-refractivity contribution in [2.45, 2.75) is 44.2 Å². The van der Waals surface area contributed by atoms with Gasteiger partial charge in [0.05, 0.1) is 12.6 Å². The van der Waals surface area contributed by atoms with Crippen molar-refractivity contribution in [2.75, 3.05) is 20.2 Å². The van der Waals surface area contributed by atoms with Gasteiger partial charge >= 0.3 is 0 Å². The smallest absolute Gasteiger partial charge is 0.191 e. The molecule has 2 aromatic carbocycles. The van der Waals surface area contributed by atoms with E-state index >= 15 is 0 Å². The number of ether oxygens (including phenoxy) is 2. The molecule has 0 saturated carbocycles. The van der Waals surface area contributed by atoms with E-state index in [1.165, 1.54) is 11.1 Å². The highest BCUT2D eigenvalue weighted by molar-refractivity contribution is 5.80. The van der Waals surface area contributed by atoms with Crippen LogP contribution in [0.2, 0.25) is 0 Å². The van der Waals surface area contributed by atoms with E-state index < -0.39 is 0 Å². The molecule has 4 rings (SSSR count). The molecule has 0 aromatic heterocycles. The Balaban J connectivity index is 1.45. The first kappa shape index (κ1) is 18.7. The van der Waals surface area contributed by atoms with Crippen LogP contribution < -0.4 is 20.1 Å². The Labute approximate surface area is 167 Å². The molecule has 148 valence electrons. The summed E-state index contributed by atoms with van der Waals surface area (Å²) in [5.74, 6) is 3.19. The monoisotopic (exact) mass is 379 g/mol. The Morgan fingerprint density at radius 2 is 1.79 bits per heavy atom. The average molecular weight is 380 g/mol. The molecule has 2 atom stereocenters. The third-order valence-electron chi connectivity index (χ3n) is 5.51. The van der Waals surface area contributed by atoms with Gasteiger partial charge < -0.3 is 20.1 Å². The van der Waals surface area contributed by atoms with Crippen molar-refractivity contribution in [3.8, 4) is 11.5 Å². The third-order valence-corrected chi connectivity index (χ3v) is 5.51. The molecule has 0 bridgehead atoms. The number of guanidine groups is 1. The number of hydrogen-bond donors (Lipinski definition) is 2. The van der Waals surface area contributed by atoms with Gasteiger partial charge in [0.15, 0.2) is 5.96 Å². The lowest BCUT2D eigenvalue weighted by atomic mass is 9.90. The highest BCUT2D eigenvalue weighted by Crippen LogP contribution is 2.39. The molecule has 2 N–H and O–H groups in total. The van der Waals surface area contributed by atoms with Gasteiger partial charge in [-0.05, 0) is 38.0 Å². The molecule has 2 unspecified atom stereocenters. The zero-order valence-electron chi connectivity index (χ0n) is 16.9. The number of aliphatic imine (C=N–C) groups is 1. The van der Waals surface area contributed by atoms with Gasteiger partial charge in [0, 0.05) is 31.5 Å². The summed E-state index contributed by atoms with van der Waals surface area (Å²) in [5, 5.41) is 7.14. The van der Waals surface area contributed by atoms with Crippen molar-refractivity contribution in [3.05, 3.63) is 59.7 Å². The first-order chi connectivity index (χ1) is 13.6. The zero-order chi connectivity index (χ0) is 19.6. The van der Waals surface area contributed by atoms with E-state index in [1.807, 2.05) is 25.2 Å². The molecule has 2 heterocycles. The summed E-state index contributed by atoms with van der Waals surface area (Å²) in [5.41, 5.74) is 2.24. The third kappa shape index (κ3) is 3.93. The molecule has 0 radical (unpaired) electrons. The van der Waals surface area contributed by atoms with Gasteiger partial charge in [0.25, 0.3) is 0 Å². The zero-order valence-corrected chi connectivity index (χ0v) is 16.9. The largest absolute Gasteiger partial charge is 0.493 e. The number of nitrogens with one attached hydrogen (secondary N) is 2. The van der Waals surface area contributed by atoms with Crippen molar-refractivity contribution in [3.63, 3.8) is 0 Å². The van der Waals surface area contributed by atoms with Crippen LogP contribution in [0.3, 0.4) is 0 Å². The predicted octanol–water partition coefficient (Wildman–Crippen LogP) is 4.02. The van der Waals surface area contributed by atoms with Crippen LogP contribution in [-0.2, 0) is 0 Å². The summed E-state index contributed by atoms with van der Waals surface area (Å²) >= 11 is 0. The van der Waals surface area contributed by atoms with E-state index in [9.17, 15) is 0 Å². The van der Waals surface area contributed by atoms with Gasteiger partial charge in [-0.25, -0.2) is 0 Å². The molecule has 0 saturated heterocycles. The van der Waals surface area contributed by atoms with Gasteiger partial charge in [-0.2, -0.15) is 0 Å². The van der Waals surface area contributed by atoms with Crippen molar-refractivity contribution in [1.29, 1.82) is 0 Å². The quantitative estimate of drug-likeness (QED) is 0.625. The van der Waals surface area contributed by atoms with Crippen LogP contribution >= 0.6 is 0 Å². The molecule has 2 aliphatic heterocycles. The number of fused-ring (bicyclic) bond motifs is 2. The molecule has 28 heavy (non-hydrogen) atoms. The molecule has 5 heteroatoms. The maximum atomic E-state index is 6.14. The second-order valence-corrected chi connectivity index (χ2v) is 8.13. The molecule has 0 spiro atoms. The standard InChI is InChI=1S/C23H29N3O2/c1-23(2)14-19(18-9-5-7-11-21(18)28-23)26-22(24-3)25-15-16-12-13-27-20-10-6-4-8-17(16)20/h4-11,16,19H,12-15H2,1-3H3,(H2,24,25,26). The molecule has 5 nitrogen and oxygen atoms in total. The molecule has 0 aliphatic carbocycles. The summed E-state index contributed by atoms with van der Waals surface area (Å²) < 4.78 is 11.9. The van der Waals surface area contributed by atoms with Crippen LogP contribution in [0.15, 0.2) is 53.5 Å². The van der Waals surface area contributed by atoms with E-state index in [2.05, 4.69) is 59.8 Å². The van der Waals surface area contributed by atoms with Crippen LogP contribution in [0.1, 0.15) is 49.8 Å². The van der Waals surface area contributed by atoms with Crippen molar-refractivity contribution in [2.24, 2.45) is 4.99 Å². The highest BCUT2D eigenvalue weighted by Gasteiger charge is 2.34. The predicted molar refractivity (Wildman–Crippen MR) is 112 cm³/mol. The minimum absolute atomic E-state index is 0.160. The van der Waals surface area contributed by atoms with Crippen molar-refractivity contribution >= 4 is 5.96 Å². The maximum absolute atomic E-state index is 6.14. The van der Waals surface area contributed by atoms with Crippen LogP contribution in [0.4, 0.5) is 0 Å². The number of para-hydroxylation sites is 2. The lowest BCUT2D eigenvalue weighted by Gasteiger charge is -2.38. The van der Waals surface area contributed by atoms with Crippen LogP contribution in [0.25, 0.3) is 0 Å². The fourth-order valence-electron chi connectivity index (χ4n) is 4.14. The summed E-state index contributed by atoms with van der Waals surface area (Å²) in [6, 6.07) is 16.7. The lowest BCUT2D eigenvalue weighted by Crippen LogP contribution is -2.46. The van der Waals surface area contributed by atoms with Crippen molar-refractivity contribution in [1.82, 2.24) is 10.6 Å². The van der Waals surface area contributed by atoms with Gasteiger partial charge in [-0.3, -0.25) is 4.99 Å². The summed E-state index contributed by atoms with van der Waals surface area (Å²) in [6.07, 6.45) is 1.89. The minimum Gasteiger partial charge on any atom is -0.493 e. The summed E-state index contributed by atoms with van der Waals surface area (Å²) in [6.45, 7) is 5.85. The van der Waals surface area contributed by atoms with E-state index in [0.717, 1.165) is 43.5 Å². The molecule has 2 aliphatic rings. The Bertz CT molecular complexity index is 862. The molecule has 0 fully saturated rings. The topological polar surface area (TPSA) is 54.9 Å². The highest BCUT2D eigenvalue weighted by atomic mass is 16.5. The van der Waals surface area contributed by atoms with E-state index in [1.54, 1.807) is 0 Å².